The minimum atomic E-state index is -0.0645. The molecule has 30 heavy (non-hydrogen) atoms. The maximum absolute atomic E-state index is 12.8. The molecule has 4 nitrogen and oxygen atoms in total. The van der Waals surface area contributed by atoms with Gasteiger partial charge < -0.3 is 4.90 Å². The Kier molecular flexibility index (Phi) is 5.11. The molecule has 1 saturated heterocycles. The van der Waals surface area contributed by atoms with Gasteiger partial charge in [0.25, 0.3) is 0 Å². The van der Waals surface area contributed by atoms with Crippen molar-refractivity contribution in [2.75, 3.05) is 5.75 Å². The third kappa shape index (κ3) is 3.64. The van der Waals surface area contributed by atoms with Gasteiger partial charge in [-0.1, -0.05) is 78.9 Å². The monoisotopic (exact) mass is 411 g/mol. The molecule has 0 N–H and O–H groups in total. The van der Waals surface area contributed by atoms with Crippen molar-refractivity contribution in [3.8, 4) is 16.9 Å². The van der Waals surface area contributed by atoms with Crippen LogP contribution in [0.25, 0.3) is 16.9 Å². The van der Waals surface area contributed by atoms with Crippen LogP contribution in [-0.2, 0) is 11.3 Å². The Morgan fingerprint density at radius 1 is 0.867 bits per heavy atom. The van der Waals surface area contributed by atoms with E-state index in [1.165, 1.54) is 0 Å². The van der Waals surface area contributed by atoms with Gasteiger partial charge in [-0.05, 0) is 17.7 Å². The highest BCUT2D eigenvalue weighted by atomic mass is 32.2. The molecule has 1 atom stereocenters. The molecule has 0 saturated carbocycles. The van der Waals surface area contributed by atoms with E-state index in [0.717, 1.165) is 28.1 Å². The van der Waals surface area contributed by atoms with E-state index >= 15 is 0 Å². The number of para-hydroxylation sites is 1. The average molecular weight is 412 g/mol. The Hall–Kier alpha value is -3.31. The predicted molar refractivity (Wildman–Crippen MR) is 121 cm³/mol. The minimum absolute atomic E-state index is 0.0645. The number of thioether (sulfide) groups is 1. The molecule has 1 fully saturated rings. The van der Waals surface area contributed by atoms with Crippen LogP contribution in [0.5, 0.6) is 0 Å². The summed E-state index contributed by atoms with van der Waals surface area (Å²) in [6, 6.07) is 30.5. The molecule has 0 unspecified atom stereocenters. The number of nitrogens with zero attached hydrogens (tertiary/aromatic N) is 3. The fourth-order valence-corrected chi connectivity index (χ4v) is 4.95. The summed E-state index contributed by atoms with van der Waals surface area (Å²) in [6.45, 7) is 0.599. The largest absolute Gasteiger partial charge is 0.321 e. The van der Waals surface area contributed by atoms with Crippen LogP contribution in [0.1, 0.15) is 16.5 Å². The Labute approximate surface area is 180 Å². The standard InChI is InChI=1S/C25H21N3OS/c29-23-18-30-25(27(23)16-19-10-4-1-5-11-19)22-17-28(21-14-8-3-9-15-21)26-24(22)20-12-6-2-7-13-20/h1-15,17,25H,16,18H2/t25-/m0/s1. The van der Waals surface area contributed by atoms with Gasteiger partial charge >= 0.3 is 0 Å². The van der Waals surface area contributed by atoms with Crippen molar-refractivity contribution in [2.45, 2.75) is 11.9 Å². The van der Waals surface area contributed by atoms with Crippen LogP contribution in [0.15, 0.2) is 97.2 Å². The van der Waals surface area contributed by atoms with Crippen LogP contribution in [-0.4, -0.2) is 26.3 Å². The minimum Gasteiger partial charge on any atom is -0.321 e. The lowest BCUT2D eigenvalue weighted by atomic mass is 10.1. The number of benzene rings is 3. The Bertz CT molecular complexity index is 1140. The average Bonchev–Trinajstić information content (AvgIpc) is 3.40. The molecule has 1 aliphatic heterocycles. The predicted octanol–water partition coefficient (Wildman–Crippen LogP) is 5.31. The first-order valence-electron chi connectivity index (χ1n) is 9.95. The molecule has 0 aliphatic carbocycles. The highest BCUT2D eigenvalue weighted by Crippen LogP contribution is 2.43. The summed E-state index contributed by atoms with van der Waals surface area (Å²) in [5.74, 6) is 0.655. The van der Waals surface area contributed by atoms with Gasteiger partial charge in [-0.15, -0.1) is 11.8 Å². The normalized spacial score (nSPS) is 16.2. The van der Waals surface area contributed by atoms with Crippen LogP contribution in [0.4, 0.5) is 0 Å². The van der Waals surface area contributed by atoms with Gasteiger partial charge in [0.15, 0.2) is 0 Å². The Morgan fingerprint density at radius 2 is 1.50 bits per heavy atom. The van der Waals surface area contributed by atoms with Crippen molar-refractivity contribution in [2.24, 2.45) is 0 Å². The third-order valence-electron chi connectivity index (χ3n) is 5.24. The molecule has 148 valence electrons. The van der Waals surface area contributed by atoms with Crippen LogP contribution in [0.2, 0.25) is 0 Å². The van der Waals surface area contributed by atoms with Crippen molar-refractivity contribution in [1.82, 2.24) is 14.7 Å². The van der Waals surface area contributed by atoms with E-state index in [0.29, 0.717) is 12.3 Å². The van der Waals surface area contributed by atoms with Gasteiger partial charge in [0, 0.05) is 23.9 Å². The van der Waals surface area contributed by atoms with Gasteiger partial charge in [-0.2, -0.15) is 5.10 Å². The van der Waals surface area contributed by atoms with Gasteiger partial charge in [-0.3, -0.25) is 4.79 Å². The van der Waals surface area contributed by atoms with E-state index < -0.39 is 0 Å². The van der Waals surface area contributed by atoms with Crippen molar-refractivity contribution in [3.63, 3.8) is 0 Å². The van der Waals surface area contributed by atoms with Crippen molar-refractivity contribution >= 4 is 17.7 Å². The molecule has 1 aromatic heterocycles. The third-order valence-corrected chi connectivity index (χ3v) is 6.48. The van der Waals surface area contributed by atoms with E-state index in [1.807, 2.05) is 76.3 Å². The lowest BCUT2D eigenvalue weighted by molar-refractivity contribution is -0.128. The van der Waals surface area contributed by atoms with Crippen LogP contribution in [0.3, 0.4) is 0 Å². The molecule has 0 bridgehead atoms. The van der Waals surface area contributed by atoms with Crippen LogP contribution in [0, 0.1) is 0 Å². The number of carbonyl (C=O) groups is 1. The summed E-state index contributed by atoms with van der Waals surface area (Å²) in [4.78, 5) is 14.7. The Morgan fingerprint density at radius 3 is 2.20 bits per heavy atom. The second-order valence-electron chi connectivity index (χ2n) is 7.25. The second-order valence-corrected chi connectivity index (χ2v) is 8.32. The van der Waals surface area contributed by atoms with Crippen molar-refractivity contribution in [1.29, 1.82) is 0 Å². The lowest BCUT2D eigenvalue weighted by Gasteiger charge is -2.24. The first kappa shape index (κ1) is 18.7. The first-order chi connectivity index (χ1) is 14.8. The smallest absolute Gasteiger partial charge is 0.234 e. The van der Waals surface area contributed by atoms with E-state index in [9.17, 15) is 4.79 Å². The maximum Gasteiger partial charge on any atom is 0.234 e. The van der Waals surface area contributed by atoms with Gasteiger partial charge in [-0.25, -0.2) is 4.68 Å². The molecule has 5 heteroatoms. The van der Waals surface area contributed by atoms with E-state index in [4.69, 9.17) is 5.10 Å². The number of aromatic nitrogens is 2. The fraction of sp³-hybridized carbons (Fsp3) is 0.120. The number of hydrogen-bond acceptors (Lipinski definition) is 3. The Balaban J connectivity index is 1.58. The summed E-state index contributed by atoms with van der Waals surface area (Å²) in [5.41, 5.74) is 5.18. The number of hydrogen-bond donors (Lipinski definition) is 0. The topological polar surface area (TPSA) is 38.1 Å². The molecule has 2 heterocycles. The van der Waals surface area contributed by atoms with Gasteiger partial charge in [0.1, 0.15) is 5.37 Å². The molecule has 0 spiro atoms. The van der Waals surface area contributed by atoms with E-state index in [2.05, 4.69) is 30.5 Å². The van der Waals surface area contributed by atoms with Gasteiger partial charge in [0.2, 0.25) is 5.91 Å². The quantitative estimate of drug-likeness (QED) is 0.446. The SMILES string of the molecule is O=C1CS[C@@H](c2cn(-c3ccccc3)nc2-c2ccccc2)N1Cc1ccccc1. The summed E-state index contributed by atoms with van der Waals surface area (Å²) in [5, 5.41) is 4.86. The molecular formula is C25H21N3OS. The maximum atomic E-state index is 12.8. The molecular weight excluding hydrogens is 390 g/mol. The zero-order chi connectivity index (χ0) is 20.3. The van der Waals surface area contributed by atoms with Crippen LogP contribution >= 0.6 is 11.8 Å². The summed E-state index contributed by atoms with van der Waals surface area (Å²) >= 11 is 1.67. The fourth-order valence-electron chi connectivity index (χ4n) is 3.76. The van der Waals surface area contributed by atoms with E-state index in [-0.39, 0.29) is 11.3 Å². The molecule has 0 radical (unpaired) electrons. The summed E-state index contributed by atoms with van der Waals surface area (Å²) in [7, 11) is 0. The molecule has 5 rings (SSSR count). The zero-order valence-corrected chi connectivity index (χ0v) is 17.2. The van der Waals surface area contributed by atoms with E-state index in [1.54, 1.807) is 11.8 Å². The first-order valence-corrected chi connectivity index (χ1v) is 11.0. The molecule has 1 aliphatic rings. The second kappa shape index (κ2) is 8.20. The van der Waals surface area contributed by atoms with Crippen LogP contribution < -0.4 is 0 Å². The number of carbonyl (C=O) groups excluding carboxylic acids is 1. The molecule has 4 aromatic rings. The summed E-state index contributed by atoms with van der Waals surface area (Å²) < 4.78 is 1.92. The molecule has 1 amide bonds. The number of rotatable bonds is 5. The summed E-state index contributed by atoms with van der Waals surface area (Å²) in [6.07, 6.45) is 2.08. The highest BCUT2D eigenvalue weighted by molar-refractivity contribution is 8.00. The molecule has 3 aromatic carbocycles. The zero-order valence-electron chi connectivity index (χ0n) is 16.4. The van der Waals surface area contributed by atoms with Gasteiger partial charge in [0.05, 0.1) is 17.1 Å². The lowest BCUT2D eigenvalue weighted by Crippen LogP contribution is -2.27. The van der Waals surface area contributed by atoms with Crippen molar-refractivity contribution < 1.29 is 4.79 Å². The van der Waals surface area contributed by atoms with Crippen molar-refractivity contribution in [3.05, 3.63) is 108 Å². The number of amides is 1. The highest BCUT2D eigenvalue weighted by Gasteiger charge is 2.35.